The van der Waals surface area contributed by atoms with Crippen LogP contribution in [0.3, 0.4) is 0 Å². The molecule has 3 nitrogen and oxygen atoms in total. The van der Waals surface area contributed by atoms with Crippen LogP contribution in [-0.4, -0.2) is 0 Å². The Morgan fingerprint density at radius 3 is 2.53 bits per heavy atom. The second kappa shape index (κ2) is 4.66. The first-order valence-electron chi connectivity index (χ1n) is 4.94. The summed E-state index contributed by atoms with van der Waals surface area (Å²) in [4.78, 5) is 0. The average molecular weight is 202 g/mol. The van der Waals surface area contributed by atoms with Gasteiger partial charge in [0, 0.05) is 12.2 Å². The third kappa shape index (κ3) is 2.60. The fraction of sp³-hybridized carbons (Fsp3) is 0.167. The monoisotopic (exact) mass is 202 g/mol. The molecule has 0 spiro atoms. The van der Waals surface area contributed by atoms with Crippen LogP contribution < -0.4 is 11.1 Å². The Kier molecular flexibility index (Phi) is 3.05. The lowest BCUT2D eigenvalue weighted by Gasteiger charge is -2.04. The van der Waals surface area contributed by atoms with Crippen LogP contribution in [0, 0.1) is 0 Å². The van der Waals surface area contributed by atoms with Gasteiger partial charge in [-0.15, -0.1) is 0 Å². The first kappa shape index (κ1) is 9.80. The van der Waals surface area contributed by atoms with E-state index >= 15 is 0 Å². The SMILES string of the molecule is NCc1ccc(NCc2ccco2)cc1. The van der Waals surface area contributed by atoms with E-state index in [4.69, 9.17) is 10.2 Å². The molecular formula is C12H14N2O. The van der Waals surface area contributed by atoms with Crippen LogP contribution in [0.5, 0.6) is 0 Å². The summed E-state index contributed by atoms with van der Waals surface area (Å²) in [5, 5.41) is 3.26. The molecule has 0 atom stereocenters. The number of nitrogens with two attached hydrogens (primary N) is 1. The van der Waals surface area contributed by atoms with Gasteiger partial charge < -0.3 is 15.5 Å². The molecular weight excluding hydrogens is 188 g/mol. The molecule has 0 aliphatic carbocycles. The van der Waals surface area contributed by atoms with Crippen molar-refractivity contribution < 1.29 is 4.42 Å². The summed E-state index contributed by atoms with van der Waals surface area (Å²) in [6, 6.07) is 11.9. The predicted octanol–water partition coefficient (Wildman–Crippen LogP) is 2.35. The number of hydrogen-bond donors (Lipinski definition) is 2. The molecule has 15 heavy (non-hydrogen) atoms. The van der Waals surface area contributed by atoms with Crippen LogP contribution >= 0.6 is 0 Å². The Morgan fingerprint density at radius 2 is 1.93 bits per heavy atom. The lowest BCUT2D eigenvalue weighted by Crippen LogP contribution is -1.99. The van der Waals surface area contributed by atoms with E-state index in [2.05, 4.69) is 5.32 Å². The Labute approximate surface area is 88.9 Å². The van der Waals surface area contributed by atoms with Crippen molar-refractivity contribution in [3.05, 3.63) is 54.0 Å². The van der Waals surface area contributed by atoms with E-state index in [-0.39, 0.29) is 0 Å². The van der Waals surface area contributed by atoms with Crippen molar-refractivity contribution in [2.45, 2.75) is 13.1 Å². The highest BCUT2D eigenvalue weighted by atomic mass is 16.3. The molecule has 1 aromatic heterocycles. The smallest absolute Gasteiger partial charge is 0.122 e. The fourth-order valence-electron chi connectivity index (χ4n) is 1.36. The zero-order valence-electron chi connectivity index (χ0n) is 8.44. The van der Waals surface area contributed by atoms with Gasteiger partial charge in [-0.25, -0.2) is 0 Å². The molecule has 0 fully saturated rings. The molecule has 2 aromatic rings. The first-order valence-corrected chi connectivity index (χ1v) is 4.94. The molecule has 0 saturated carbocycles. The lowest BCUT2D eigenvalue weighted by atomic mass is 10.2. The van der Waals surface area contributed by atoms with Gasteiger partial charge in [0.25, 0.3) is 0 Å². The minimum Gasteiger partial charge on any atom is -0.467 e. The molecule has 78 valence electrons. The molecule has 1 heterocycles. The third-order valence-corrected chi connectivity index (χ3v) is 2.24. The van der Waals surface area contributed by atoms with Gasteiger partial charge in [-0.3, -0.25) is 0 Å². The van der Waals surface area contributed by atoms with Gasteiger partial charge in [-0.2, -0.15) is 0 Å². The van der Waals surface area contributed by atoms with Crippen LogP contribution in [0.4, 0.5) is 5.69 Å². The van der Waals surface area contributed by atoms with Crippen LogP contribution in [0.25, 0.3) is 0 Å². The molecule has 0 aliphatic heterocycles. The van der Waals surface area contributed by atoms with E-state index in [1.165, 1.54) is 0 Å². The molecule has 0 saturated heterocycles. The van der Waals surface area contributed by atoms with Crippen LogP contribution in [0.1, 0.15) is 11.3 Å². The van der Waals surface area contributed by atoms with Gasteiger partial charge in [-0.05, 0) is 29.8 Å². The highest BCUT2D eigenvalue weighted by Crippen LogP contribution is 2.11. The van der Waals surface area contributed by atoms with Crippen molar-refractivity contribution >= 4 is 5.69 Å². The largest absolute Gasteiger partial charge is 0.467 e. The molecule has 2 rings (SSSR count). The molecule has 0 amide bonds. The summed E-state index contributed by atoms with van der Waals surface area (Å²) in [7, 11) is 0. The summed E-state index contributed by atoms with van der Waals surface area (Å²) in [5.74, 6) is 0.929. The Bertz CT molecular complexity index is 392. The van der Waals surface area contributed by atoms with Crippen molar-refractivity contribution in [1.82, 2.24) is 0 Å². The van der Waals surface area contributed by atoms with E-state index in [1.807, 2.05) is 36.4 Å². The molecule has 0 bridgehead atoms. The Hall–Kier alpha value is -1.74. The number of benzene rings is 1. The van der Waals surface area contributed by atoms with E-state index in [1.54, 1.807) is 6.26 Å². The minimum atomic E-state index is 0.582. The van der Waals surface area contributed by atoms with Crippen molar-refractivity contribution in [1.29, 1.82) is 0 Å². The van der Waals surface area contributed by atoms with Crippen molar-refractivity contribution in [3.63, 3.8) is 0 Å². The molecule has 0 radical (unpaired) electrons. The zero-order chi connectivity index (χ0) is 10.5. The quantitative estimate of drug-likeness (QED) is 0.800. The molecule has 0 unspecified atom stereocenters. The predicted molar refractivity (Wildman–Crippen MR) is 60.4 cm³/mol. The fourth-order valence-corrected chi connectivity index (χ4v) is 1.36. The Morgan fingerprint density at radius 1 is 1.13 bits per heavy atom. The highest BCUT2D eigenvalue weighted by molar-refractivity contribution is 5.44. The van der Waals surface area contributed by atoms with Gasteiger partial charge in [0.05, 0.1) is 12.8 Å². The maximum absolute atomic E-state index is 5.52. The van der Waals surface area contributed by atoms with Crippen molar-refractivity contribution in [2.24, 2.45) is 5.73 Å². The van der Waals surface area contributed by atoms with Gasteiger partial charge >= 0.3 is 0 Å². The second-order valence-corrected chi connectivity index (χ2v) is 3.33. The normalized spacial score (nSPS) is 10.2. The highest BCUT2D eigenvalue weighted by Gasteiger charge is 1.95. The lowest BCUT2D eigenvalue weighted by molar-refractivity contribution is 0.518. The first-order chi connectivity index (χ1) is 7.38. The molecule has 3 heteroatoms. The van der Waals surface area contributed by atoms with E-state index in [0.29, 0.717) is 13.1 Å². The number of anilines is 1. The number of rotatable bonds is 4. The summed E-state index contributed by atoms with van der Waals surface area (Å²) >= 11 is 0. The zero-order valence-corrected chi connectivity index (χ0v) is 8.44. The summed E-state index contributed by atoms with van der Waals surface area (Å²) < 4.78 is 5.22. The number of nitrogens with one attached hydrogen (secondary N) is 1. The maximum atomic E-state index is 5.52. The van der Waals surface area contributed by atoms with Crippen LogP contribution in [-0.2, 0) is 13.1 Å². The van der Waals surface area contributed by atoms with Crippen LogP contribution in [0.2, 0.25) is 0 Å². The van der Waals surface area contributed by atoms with Crippen LogP contribution in [0.15, 0.2) is 47.1 Å². The molecule has 1 aromatic carbocycles. The molecule has 3 N–H and O–H groups in total. The van der Waals surface area contributed by atoms with E-state index < -0.39 is 0 Å². The van der Waals surface area contributed by atoms with Gasteiger partial charge in [0.2, 0.25) is 0 Å². The maximum Gasteiger partial charge on any atom is 0.122 e. The van der Waals surface area contributed by atoms with E-state index in [9.17, 15) is 0 Å². The third-order valence-electron chi connectivity index (χ3n) is 2.24. The van der Waals surface area contributed by atoms with Crippen molar-refractivity contribution in [3.8, 4) is 0 Å². The summed E-state index contributed by atoms with van der Waals surface area (Å²) in [5.41, 5.74) is 7.73. The van der Waals surface area contributed by atoms with Gasteiger partial charge in [0.1, 0.15) is 5.76 Å². The Balaban J connectivity index is 1.93. The number of hydrogen-bond acceptors (Lipinski definition) is 3. The summed E-state index contributed by atoms with van der Waals surface area (Å²) in [6.07, 6.45) is 1.68. The minimum absolute atomic E-state index is 0.582. The topological polar surface area (TPSA) is 51.2 Å². The van der Waals surface area contributed by atoms with Crippen molar-refractivity contribution in [2.75, 3.05) is 5.32 Å². The number of furan rings is 1. The van der Waals surface area contributed by atoms with Gasteiger partial charge in [0.15, 0.2) is 0 Å². The summed E-state index contributed by atoms with van der Waals surface area (Å²) in [6.45, 7) is 1.29. The average Bonchev–Trinajstić information content (AvgIpc) is 2.80. The second-order valence-electron chi connectivity index (χ2n) is 3.33. The standard InChI is InChI=1S/C12H14N2O/c13-8-10-3-5-11(6-4-10)14-9-12-2-1-7-15-12/h1-7,14H,8-9,13H2. The van der Waals surface area contributed by atoms with Gasteiger partial charge in [-0.1, -0.05) is 12.1 Å². The van der Waals surface area contributed by atoms with E-state index in [0.717, 1.165) is 17.0 Å². The molecule has 0 aliphatic rings.